The smallest absolute Gasteiger partial charge is 0.337 e. The van der Waals surface area contributed by atoms with Crippen LogP contribution in [0.4, 0.5) is 0 Å². The first-order chi connectivity index (χ1) is 10.1. The van der Waals surface area contributed by atoms with Crippen LogP contribution in [0, 0.1) is 0 Å². The van der Waals surface area contributed by atoms with Crippen molar-refractivity contribution >= 4 is 27.7 Å². The highest BCUT2D eigenvalue weighted by molar-refractivity contribution is 9.10. The molecule has 0 spiro atoms. The molecule has 0 radical (unpaired) electrons. The predicted octanol–water partition coefficient (Wildman–Crippen LogP) is 3.48. The van der Waals surface area contributed by atoms with Crippen LogP contribution in [-0.4, -0.2) is 26.0 Å². The van der Waals surface area contributed by atoms with Gasteiger partial charge in [-0.3, -0.25) is 4.79 Å². The Labute approximate surface area is 130 Å². The van der Waals surface area contributed by atoms with Crippen LogP contribution in [0.3, 0.4) is 0 Å². The fourth-order valence-corrected chi connectivity index (χ4v) is 2.39. The predicted molar refractivity (Wildman–Crippen MR) is 81.9 cm³/mol. The summed E-state index contributed by atoms with van der Waals surface area (Å²) in [5.41, 5.74) is 1.44. The average molecular weight is 349 g/mol. The van der Waals surface area contributed by atoms with Gasteiger partial charge in [-0.25, -0.2) is 4.79 Å². The molecule has 0 aliphatic heterocycles. The molecule has 0 aliphatic rings. The van der Waals surface area contributed by atoms with Crippen LogP contribution >= 0.6 is 15.9 Å². The minimum atomic E-state index is -0.429. The number of carbonyl (C=O) groups is 2. The van der Waals surface area contributed by atoms with Crippen LogP contribution in [0.15, 0.2) is 46.9 Å². The van der Waals surface area contributed by atoms with Gasteiger partial charge in [0.2, 0.25) is 0 Å². The molecule has 0 heterocycles. The molecule has 2 aromatic carbocycles. The second-order valence-corrected chi connectivity index (χ2v) is 5.10. The van der Waals surface area contributed by atoms with Gasteiger partial charge in [0.25, 0.3) is 0 Å². The van der Waals surface area contributed by atoms with Gasteiger partial charge in [0.1, 0.15) is 5.75 Å². The lowest BCUT2D eigenvalue weighted by atomic mass is 10.0. The first-order valence-electron chi connectivity index (χ1n) is 6.13. The lowest BCUT2D eigenvalue weighted by Gasteiger charge is -2.06. The number of esters is 1. The molecule has 0 aromatic heterocycles. The summed E-state index contributed by atoms with van der Waals surface area (Å²) < 4.78 is 10.5. The third-order valence-corrected chi connectivity index (χ3v) is 3.60. The van der Waals surface area contributed by atoms with E-state index in [1.165, 1.54) is 7.11 Å². The number of carbonyl (C=O) groups excluding carboxylic acids is 2. The topological polar surface area (TPSA) is 52.6 Å². The Morgan fingerprint density at radius 2 is 1.48 bits per heavy atom. The van der Waals surface area contributed by atoms with Crippen LogP contribution in [0.5, 0.6) is 5.75 Å². The van der Waals surface area contributed by atoms with Crippen molar-refractivity contribution in [1.29, 1.82) is 0 Å². The second kappa shape index (κ2) is 6.54. The van der Waals surface area contributed by atoms with Crippen molar-refractivity contribution in [3.05, 3.63) is 63.6 Å². The SMILES string of the molecule is COC(=O)c1ccc(C(=O)c2ccc(OC)c(Br)c2)cc1. The second-order valence-electron chi connectivity index (χ2n) is 4.25. The zero-order chi connectivity index (χ0) is 15.4. The Balaban J connectivity index is 2.27. The maximum absolute atomic E-state index is 12.4. The molecule has 21 heavy (non-hydrogen) atoms. The van der Waals surface area contributed by atoms with Crippen molar-refractivity contribution in [3.63, 3.8) is 0 Å². The van der Waals surface area contributed by atoms with E-state index in [0.717, 1.165) is 0 Å². The molecular formula is C16H13BrO4. The molecule has 2 rings (SSSR count). The fourth-order valence-electron chi connectivity index (χ4n) is 1.85. The van der Waals surface area contributed by atoms with Gasteiger partial charge in [-0.2, -0.15) is 0 Å². The van der Waals surface area contributed by atoms with E-state index in [1.807, 2.05) is 0 Å². The van der Waals surface area contributed by atoms with E-state index in [-0.39, 0.29) is 5.78 Å². The number of methoxy groups -OCH3 is 2. The quantitative estimate of drug-likeness (QED) is 0.627. The maximum atomic E-state index is 12.4. The van der Waals surface area contributed by atoms with E-state index in [9.17, 15) is 9.59 Å². The van der Waals surface area contributed by atoms with Gasteiger partial charge in [0.05, 0.1) is 24.3 Å². The number of ketones is 1. The van der Waals surface area contributed by atoms with Crippen LogP contribution in [0.1, 0.15) is 26.3 Å². The summed E-state index contributed by atoms with van der Waals surface area (Å²) in [4.78, 5) is 23.7. The normalized spacial score (nSPS) is 10.0. The van der Waals surface area contributed by atoms with Crippen molar-refractivity contribution in [2.75, 3.05) is 14.2 Å². The molecule has 0 unspecified atom stereocenters. The lowest BCUT2D eigenvalue weighted by molar-refractivity contribution is 0.0600. The molecule has 0 N–H and O–H groups in total. The number of hydrogen-bond acceptors (Lipinski definition) is 4. The van der Waals surface area contributed by atoms with Gasteiger partial charge in [-0.15, -0.1) is 0 Å². The van der Waals surface area contributed by atoms with E-state index in [0.29, 0.717) is 26.9 Å². The van der Waals surface area contributed by atoms with E-state index in [4.69, 9.17) is 4.74 Å². The van der Waals surface area contributed by atoms with Crippen molar-refractivity contribution in [3.8, 4) is 5.75 Å². The number of rotatable bonds is 4. The number of benzene rings is 2. The highest BCUT2D eigenvalue weighted by Crippen LogP contribution is 2.26. The van der Waals surface area contributed by atoms with Gasteiger partial charge in [0.15, 0.2) is 5.78 Å². The summed E-state index contributed by atoms with van der Waals surface area (Å²) in [5.74, 6) is 0.101. The molecule has 0 amide bonds. The lowest BCUT2D eigenvalue weighted by Crippen LogP contribution is -2.04. The van der Waals surface area contributed by atoms with Crippen LogP contribution in [0.2, 0.25) is 0 Å². The standard InChI is InChI=1S/C16H13BrO4/c1-20-14-8-7-12(9-13(14)17)15(18)10-3-5-11(6-4-10)16(19)21-2/h3-9H,1-2H3. The minimum absolute atomic E-state index is 0.130. The Morgan fingerprint density at radius 3 is 2.00 bits per heavy atom. The van der Waals surface area contributed by atoms with Crippen LogP contribution in [0.25, 0.3) is 0 Å². The Kier molecular flexibility index (Phi) is 4.75. The largest absolute Gasteiger partial charge is 0.496 e. The first kappa shape index (κ1) is 15.3. The van der Waals surface area contributed by atoms with Gasteiger partial charge in [-0.1, -0.05) is 12.1 Å². The Bertz CT molecular complexity index is 677. The highest BCUT2D eigenvalue weighted by Gasteiger charge is 2.12. The summed E-state index contributed by atoms with van der Waals surface area (Å²) in [6, 6.07) is 11.5. The zero-order valence-corrected chi connectivity index (χ0v) is 13.1. The van der Waals surface area contributed by atoms with E-state index >= 15 is 0 Å². The summed E-state index contributed by atoms with van der Waals surface area (Å²) >= 11 is 3.35. The molecule has 2 aromatic rings. The molecule has 0 fully saturated rings. The van der Waals surface area contributed by atoms with E-state index in [1.54, 1.807) is 49.6 Å². The maximum Gasteiger partial charge on any atom is 0.337 e. The van der Waals surface area contributed by atoms with Gasteiger partial charge in [-0.05, 0) is 46.3 Å². The highest BCUT2D eigenvalue weighted by atomic mass is 79.9. The molecule has 0 saturated carbocycles. The van der Waals surface area contributed by atoms with Crippen molar-refractivity contribution in [2.24, 2.45) is 0 Å². The Morgan fingerprint density at radius 1 is 0.905 bits per heavy atom. The number of hydrogen-bond donors (Lipinski definition) is 0. The van der Waals surface area contributed by atoms with Gasteiger partial charge >= 0.3 is 5.97 Å². The number of halogens is 1. The fraction of sp³-hybridized carbons (Fsp3) is 0.125. The van der Waals surface area contributed by atoms with Crippen LogP contribution in [-0.2, 0) is 4.74 Å². The van der Waals surface area contributed by atoms with Crippen molar-refractivity contribution < 1.29 is 19.1 Å². The summed E-state index contributed by atoms with van der Waals surface area (Å²) in [6.45, 7) is 0. The number of ether oxygens (including phenoxy) is 2. The van der Waals surface area contributed by atoms with E-state index in [2.05, 4.69) is 20.7 Å². The molecular weight excluding hydrogens is 336 g/mol. The van der Waals surface area contributed by atoms with Gasteiger partial charge < -0.3 is 9.47 Å². The molecule has 0 aliphatic carbocycles. The third kappa shape index (κ3) is 3.31. The molecule has 4 nitrogen and oxygen atoms in total. The summed E-state index contributed by atoms with van der Waals surface area (Å²) in [5, 5.41) is 0. The van der Waals surface area contributed by atoms with Crippen molar-refractivity contribution in [1.82, 2.24) is 0 Å². The zero-order valence-electron chi connectivity index (χ0n) is 11.6. The Hall–Kier alpha value is -2.14. The van der Waals surface area contributed by atoms with E-state index < -0.39 is 5.97 Å². The third-order valence-electron chi connectivity index (χ3n) is 2.98. The first-order valence-corrected chi connectivity index (χ1v) is 6.92. The molecule has 0 bridgehead atoms. The molecule has 108 valence electrons. The summed E-state index contributed by atoms with van der Waals surface area (Å²) in [7, 11) is 2.88. The molecule has 0 saturated heterocycles. The summed E-state index contributed by atoms with van der Waals surface area (Å²) in [6.07, 6.45) is 0. The minimum Gasteiger partial charge on any atom is -0.496 e. The molecule has 0 atom stereocenters. The molecule has 5 heteroatoms. The van der Waals surface area contributed by atoms with Gasteiger partial charge in [0, 0.05) is 11.1 Å². The van der Waals surface area contributed by atoms with Crippen molar-refractivity contribution in [2.45, 2.75) is 0 Å². The van der Waals surface area contributed by atoms with Crippen LogP contribution < -0.4 is 4.74 Å². The monoisotopic (exact) mass is 348 g/mol. The average Bonchev–Trinajstić information content (AvgIpc) is 2.53.